The number of hydrogen-bond donors (Lipinski definition) is 2. The highest BCUT2D eigenvalue weighted by Gasteiger charge is 2.13. The summed E-state index contributed by atoms with van der Waals surface area (Å²) in [5.41, 5.74) is 2.35. The number of nitrogens with zero attached hydrogens (tertiary/aromatic N) is 3. The summed E-state index contributed by atoms with van der Waals surface area (Å²) >= 11 is 0. The summed E-state index contributed by atoms with van der Waals surface area (Å²) in [4.78, 5) is 15.8. The molecule has 0 aliphatic rings. The maximum Gasteiger partial charge on any atom is 0.274 e. The lowest BCUT2D eigenvalue weighted by Crippen LogP contribution is -2.24. The lowest BCUT2D eigenvalue weighted by molar-refractivity contribution is 0.0943. The first kappa shape index (κ1) is 15.0. The molecule has 1 aromatic carbocycles. The van der Waals surface area contributed by atoms with Crippen LogP contribution in [-0.4, -0.2) is 16.0 Å². The average molecular weight is 292 g/mol. The second kappa shape index (κ2) is 6.38. The molecule has 2 rings (SSSR count). The topological polar surface area (TPSA) is 110 Å². The van der Waals surface area contributed by atoms with Crippen LogP contribution in [0, 0.1) is 29.6 Å². The average Bonchev–Trinajstić information content (AvgIpc) is 2.53. The third-order valence-electron chi connectivity index (χ3n) is 3.12. The number of hydrogen-bond acceptors (Lipinski definition) is 5. The zero-order valence-electron chi connectivity index (χ0n) is 11.8. The summed E-state index contributed by atoms with van der Waals surface area (Å²) in [6.07, 6.45) is 1.22. The Bertz CT molecular complexity index is 816. The van der Waals surface area contributed by atoms with Crippen LogP contribution in [0.1, 0.15) is 32.7 Å². The number of amides is 1. The monoisotopic (exact) mass is 292 g/mol. The molecule has 6 heteroatoms. The highest BCUT2D eigenvalue weighted by atomic mass is 16.3. The maximum absolute atomic E-state index is 12.0. The van der Waals surface area contributed by atoms with Crippen LogP contribution >= 0.6 is 0 Å². The fourth-order valence-corrected chi connectivity index (χ4v) is 1.91. The molecule has 2 N–H and O–H groups in total. The Hall–Kier alpha value is -3.38. The molecule has 0 bridgehead atoms. The van der Waals surface area contributed by atoms with E-state index < -0.39 is 5.91 Å². The molecule has 0 aliphatic carbocycles. The third-order valence-corrected chi connectivity index (χ3v) is 3.12. The molecular weight excluding hydrogens is 280 g/mol. The summed E-state index contributed by atoms with van der Waals surface area (Å²) in [6, 6.07) is 10.2. The van der Waals surface area contributed by atoms with E-state index in [4.69, 9.17) is 10.5 Å². The van der Waals surface area contributed by atoms with E-state index in [-0.39, 0.29) is 23.6 Å². The molecule has 0 radical (unpaired) electrons. The molecule has 0 saturated heterocycles. The number of pyridine rings is 1. The molecule has 0 spiro atoms. The number of aryl methyl sites for hydroxylation is 1. The van der Waals surface area contributed by atoms with Gasteiger partial charge in [-0.1, -0.05) is 6.07 Å². The lowest BCUT2D eigenvalue weighted by Gasteiger charge is -2.09. The van der Waals surface area contributed by atoms with Crippen molar-refractivity contribution < 1.29 is 9.90 Å². The first-order valence-electron chi connectivity index (χ1n) is 6.42. The predicted molar refractivity (Wildman–Crippen MR) is 77.7 cm³/mol. The van der Waals surface area contributed by atoms with E-state index in [9.17, 15) is 9.90 Å². The molecule has 6 nitrogen and oxygen atoms in total. The molecule has 0 saturated carbocycles. The molecule has 1 heterocycles. The van der Waals surface area contributed by atoms with Gasteiger partial charge in [0.15, 0.2) is 5.69 Å². The van der Waals surface area contributed by atoms with Crippen LogP contribution in [0.5, 0.6) is 5.75 Å². The zero-order valence-corrected chi connectivity index (χ0v) is 11.8. The van der Waals surface area contributed by atoms with Crippen LogP contribution in [0.2, 0.25) is 0 Å². The van der Waals surface area contributed by atoms with E-state index in [0.717, 1.165) is 11.1 Å². The lowest BCUT2D eigenvalue weighted by atomic mass is 10.1. The number of benzene rings is 1. The van der Waals surface area contributed by atoms with Crippen LogP contribution in [-0.2, 0) is 6.54 Å². The van der Waals surface area contributed by atoms with E-state index in [1.807, 2.05) is 19.1 Å². The molecule has 0 unspecified atom stereocenters. The number of carbonyl (C=O) groups excluding carboxylic acids is 1. The van der Waals surface area contributed by atoms with Gasteiger partial charge in [-0.2, -0.15) is 10.5 Å². The van der Waals surface area contributed by atoms with Crippen LogP contribution in [0.25, 0.3) is 0 Å². The minimum Gasteiger partial charge on any atom is -0.505 e. The van der Waals surface area contributed by atoms with Gasteiger partial charge in [0, 0.05) is 18.8 Å². The molecule has 108 valence electrons. The maximum atomic E-state index is 12.0. The fraction of sp³-hybridized carbons (Fsp3) is 0.125. The summed E-state index contributed by atoms with van der Waals surface area (Å²) in [6.45, 7) is 2.09. The Balaban J connectivity index is 2.11. The molecule has 1 amide bonds. The molecule has 0 aliphatic heterocycles. The highest BCUT2D eigenvalue weighted by Crippen LogP contribution is 2.16. The summed E-state index contributed by atoms with van der Waals surface area (Å²) < 4.78 is 0. The van der Waals surface area contributed by atoms with Gasteiger partial charge in [0.1, 0.15) is 11.8 Å². The summed E-state index contributed by atoms with van der Waals surface area (Å²) in [5, 5.41) is 29.9. The van der Waals surface area contributed by atoms with E-state index in [1.165, 1.54) is 12.3 Å². The van der Waals surface area contributed by atoms with E-state index in [0.29, 0.717) is 5.56 Å². The van der Waals surface area contributed by atoms with Gasteiger partial charge in [0.2, 0.25) is 0 Å². The first-order valence-corrected chi connectivity index (χ1v) is 6.42. The number of nitrogens with one attached hydrogen (secondary N) is 1. The van der Waals surface area contributed by atoms with Gasteiger partial charge in [-0.15, -0.1) is 0 Å². The Kier molecular flexibility index (Phi) is 4.36. The van der Waals surface area contributed by atoms with Gasteiger partial charge < -0.3 is 10.4 Å². The highest BCUT2D eigenvalue weighted by molar-refractivity contribution is 5.94. The normalized spacial score (nSPS) is 9.59. The SMILES string of the molecule is Cc1cc(C#N)ccc1CNC(=O)c1ncc(C#N)cc1O. The smallest absolute Gasteiger partial charge is 0.274 e. The second-order valence-corrected chi connectivity index (χ2v) is 4.64. The van der Waals surface area contributed by atoms with Crippen molar-refractivity contribution in [3.05, 3.63) is 58.4 Å². The van der Waals surface area contributed by atoms with E-state index in [2.05, 4.69) is 10.3 Å². The molecule has 0 fully saturated rings. The fourth-order valence-electron chi connectivity index (χ4n) is 1.91. The van der Waals surface area contributed by atoms with Crippen molar-refractivity contribution >= 4 is 5.91 Å². The van der Waals surface area contributed by atoms with E-state index >= 15 is 0 Å². The Morgan fingerprint density at radius 1 is 1.27 bits per heavy atom. The van der Waals surface area contributed by atoms with Crippen LogP contribution in [0.3, 0.4) is 0 Å². The van der Waals surface area contributed by atoms with Crippen LogP contribution in [0.4, 0.5) is 0 Å². The number of nitriles is 2. The number of rotatable bonds is 3. The van der Waals surface area contributed by atoms with Crippen molar-refractivity contribution in [1.29, 1.82) is 10.5 Å². The molecule has 2 aromatic rings. The number of aromatic nitrogens is 1. The standard InChI is InChI=1S/C16H12N4O2/c1-10-4-11(6-17)2-3-13(10)9-20-16(22)15-14(21)5-12(7-18)8-19-15/h2-5,8,21H,9H2,1H3,(H,20,22). The van der Waals surface area contributed by atoms with Gasteiger partial charge in [-0.25, -0.2) is 4.98 Å². The van der Waals surface area contributed by atoms with Crippen molar-refractivity contribution in [2.75, 3.05) is 0 Å². The largest absolute Gasteiger partial charge is 0.505 e. The summed E-state index contributed by atoms with van der Waals surface area (Å²) in [5.74, 6) is -0.876. The minimum absolute atomic E-state index is 0.134. The van der Waals surface area contributed by atoms with Crippen molar-refractivity contribution in [1.82, 2.24) is 10.3 Å². The van der Waals surface area contributed by atoms with Crippen LogP contribution < -0.4 is 5.32 Å². The minimum atomic E-state index is -0.536. The van der Waals surface area contributed by atoms with Gasteiger partial charge >= 0.3 is 0 Å². The van der Waals surface area contributed by atoms with Gasteiger partial charge in [0.05, 0.1) is 17.2 Å². The molecule has 0 atom stereocenters. The Labute approximate surface area is 127 Å². The van der Waals surface area contributed by atoms with Crippen LogP contribution in [0.15, 0.2) is 30.5 Å². The Morgan fingerprint density at radius 3 is 2.59 bits per heavy atom. The molecule has 22 heavy (non-hydrogen) atoms. The van der Waals surface area contributed by atoms with Crippen molar-refractivity contribution in [2.24, 2.45) is 0 Å². The van der Waals surface area contributed by atoms with E-state index in [1.54, 1.807) is 18.2 Å². The van der Waals surface area contributed by atoms with Crippen molar-refractivity contribution in [3.63, 3.8) is 0 Å². The van der Waals surface area contributed by atoms with Crippen molar-refractivity contribution in [3.8, 4) is 17.9 Å². The molecule has 1 aromatic heterocycles. The van der Waals surface area contributed by atoms with Gasteiger partial charge in [-0.3, -0.25) is 4.79 Å². The quantitative estimate of drug-likeness (QED) is 0.895. The molecular formula is C16H12N4O2. The first-order chi connectivity index (χ1) is 10.5. The summed E-state index contributed by atoms with van der Waals surface area (Å²) in [7, 11) is 0. The third kappa shape index (κ3) is 3.20. The number of carbonyl (C=O) groups is 1. The second-order valence-electron chi connectivity index (χ2n) is 4.64. The van der Waals surface area contributed by atoms with Gasteiger partial charge in [0.25, 0.3) is 5.91 Å². The predicted octanol–water partition coefficient (Wildman–Crippen LogP) is 1.77. The number of aromatic hydroxyl groups is 1. The van der Waals surface area contributed by atoms with Gasteiger partial charge in [-0.05, 0) is 30.2 Å². The van der Waals surface area contributed by atoms with Crippen molar-refractivity contribution in [2.45, 2.75) is 13.5 Å². The zero-order chi connectivity index (χ0) is 16.1. The Morgan fingerprint density at radius 2 is 2.00 bits per heavy atom.